The zero-order valence-corrected chi connectivity index (χ0v) is 12.6. The van der Waals surface area contributed by atoms with Gasteiger partial charge in [0.05, 0.1) is 5.56 Å². The first-order valence-corrected chi connectivity index (χ1v) is 7.09. The number of benzene rings is 1. The van der Waals surface area contributed by atoms with Gasteiger partial charge in [0.25, 0.3) is 0 Å². The number of nitrogens with one attached hydrogen (secondary N) is 1. The van der Waals surface area contributed by atoms with E-state index in [0.29, 0.717) is 29.5 Å². The topological polar surface area (TPSA) is 113 Å². The van der Waals surface area contributed by atoms with Crippen LogP contribution < -0.4 is 11.1 Å². The molecule has 0 bridgehead atoms. The van der Waals surface area contributed by atoms with Crippen molar-refractivity contribution in [1.82, 2.24) is 4.90 Å². The van der Waals surface area contributed by atoms with E-state index >= 15 is 0 Å². The Morgan fingerprint density at radius 1 is 1.38 bits per heavy atom. The quantitative estimate of drug-likeness (QED) is 0.764. The summed E-state index contributed by atoms with van der Waals surface area (Å²) in [5, 5.41) is 11.6. The lowest BCUT2D eigenvalue weighted by atomic mass is 10.2. The molecule has 4 N–H and O–H groups in total. The molecule has 1 saturated heterocycles. The average molecular weight is 356 g/mol. The van der Waals surface area contributed by atoms with Gasteiger partial charge in [0, 0.05) is 16.7 Å². The van der Waals surface area contributed by atoms with Crippen molar-refractivity contribution in [2.45, 2.75) is 18.9 Å². The fraction of sp³-hybridized carbons (Fsp3) is 0.308. The molecule has 1 atom stereocenters. The molecule has 2 rings (SSSR count). The summed E-state index contributed by atoms with van der Waals surface area (Å²) < 4.78 is 0.421. The van der Waals surface area contributed by atoms with Crippen LogP contribution in [0.25, 0.3) is 0 Å². The van der Waals surface area contributed by atoms with Crippen LogP contribution in [-0.2, 0) is 4.79 Å². The number of primary amides is 1. The minimum absolute atomic E-state index is 0.0423. The average Bonchev–Trinajstić information content (AvgIpc) is 2.90. The van der Waals surface area contributed by atoms with Crippen LogP contribution in [0.1, 0.15) is 23.2 Å². The Morgan fingerprint density at radius 2 is 2.10 bits per heavy atom. The fourth-order valence-corrected chi connectivity index (χ4v) is 2.68. The number of aromatic carboxylic acids is 1. The molecule has 1 heterocycles. The largest absolute Gasteiger partial charge is 0.478 e. The monoisotopic (exact) mass is 355 g/mol. The van der Waals surface area contributed by atoms with Gasteiger partial charge < -0.3 is 21.1 Å². The number of carbonyl (C=O) groups is 3. The van der Waals surface area contributed by atoms with Crippen molar-refractivity contribution in [1.29, 1.82) is 0 Å². The Morgan fingerprint density at radius 3 is 2.71 bits per heavy atom. The first-order chi connectivity index (χ1) is 9.90. The zero-order valence-electron chi connectivity index (χ0n) is 11.0. The number of urea groups is 1. The van der Waals surface area contributed by atoms with Crippen molar-refractivity contribution in [3.63, 3.8) is 0 Å². The zero-order chi connectivity index (χ0) is 15.6. The third kappa shape index (κ3) is 3.33. The van der Waals surface area contributed by atoms with Gasteiger partial charge >= 0.3 is 12.0 Å². The van der Waals surface area contributed by atoms with E-state index in [-0.39, 0.29) is 5.56 Å². The highest BCUT2D eigenvalue weighted by Crippen LogP contribution is 2.23. The van der Waals surface area contributed by atoms with Gasteiger partial charge in [-0.3, -0.25) is 4.79 Å². The van der Waals surface area contributed by atoms with Crippen LogP contribution in [0, 0.1) is 0 Å². The molecule has 1 unspecified atom stereocenters. The lowest BCUT2D eigenvalue weighted by Crippen LogP contribution is -2.45. The lowest BCUT2D eigenvalue weighted by Gasteiger charge is -2.22. The summed E-state index contributed by atoms with van der Waals surface area (Å²) in [4.78, 5) is 35.8. The van der Waals surface area contributed by atoms with Crippen LogP contribution in [0.3, 0.4) is 0 Å². The highest BCUT2D eigenvalue weighted by atomic mass is 79.9. The van der Waals surface area contributed by atoms with Crippen LogP contribution in [0.4, 0.5) is 10.5 Å². The number of anilines is 1. The van der Waals surface area contributed by atoms with E-state index in [1.807, 2.05) is 0 Å². The normalized spacial score (nSPS) is 17.6. The van der Waals surface area contributed by atoms with Crippen molar-refractivity contribution in [2.75, 3.05) is 11.9 Å². The summed E-state index contributed by atoms with van der Waals surface area (Å²) in [5.41, 5.74) is 5.64. The fourth-order valence-electron chi connectivity index (χ4n) is 2.27. The number of nitrogens with two attached hydrogens (primary N) is 1. The predicted octanol–water partition coefficient (Wildman–Crippen LogP) is 1.63. The summed E-state index contributed by atoms with van der Waals surface area (Å²) >= 11 is 3.13. The molecule has 1 aromatic carbocycles. The van der Waals surface area contributed by atoms with Crippen molar-refractivity contribution >= 4 is 39.5 Å². The molecule has 112 valence electrons. The second-order valence-electron chi connectivity index (χ2n) is 4.68. The molecular formula is C13H14BrN3O4. The van der Waals surface area contributed by atoms with Gasteiger partial charge in [-0.15, -0.1) is 0 Å². The molecule has 3 amide bonds. The Kier molecular flexibility index (Phi) is 4.46. The van der Waals surface area contributed by atoms with E-state index in [1.54, 1.807) is 6.07 Å². The number of rotatable bonds is 3. The minimum atomic E-state index is -1.10. The number of hydrogen-bond donors (Lipinski definition) is 3. The molecule has 21 heavy (non-hydrogen) atoms. The highest BCUT2D eigenvalue weighted by Gasteiger charge is 2.32. The third-order valence-corrected chi connectivity index (χ3v) is 3.98. The minimum Gasteiger partial charge on any atom is -0.478 e. The maximum absolute atomic E-state index is 12.1. The van der Waals surface area contributed by atoms with Crippen LogP contribution in [0.15, 0.2) is 22.7 Å². The summed E-state index contributed by atoms with van der Waals surface area (Å²) in [5.74, 6) is -1.64. The second kappa shape index (κ2) is 6.13. The van der Waals surface area contributed by atoms with Crippen molar-refractivity contribution < 1.29 is 19.5 Å². The maximum Gasteiger partial charge on any atom is 0.336 e. The number of amides is 3. The summed E-state index contributed by atoms with van der Waals surface area (Å²) in [6.45, 7) is 0.446. The van der Waals surface area contributed by atoms with Crippen LogP contribution >= 0.6 is 15.9 Å². The third-order valence-electron chi connectivity index (χ3n) is 3.29. The van der Waals surface area contributed by atoms with Crippen LogP contribution in [0.2, 0.25) is 0 Å². The van der Waals surface area contributed by atoms with Crippen molar-refractivity contribution in [2.24, 2.45) is 5.73 Å². The summed E-state index contributed by atoms with van der Waals surface area (Å²) in [6, 6.07) is 3.38. The SMILES string of the molecule is NC(=O)C1CCCN1C(=O)Nc1ccc(Br)c(C(=O)O)c1. The van der Waals surface area contributed by atoms with Crippen molar-refractivity contribution in [3.05, 3.63) is 28.2 Å². The summed E-state index contributed by atoms with van der Waals surface area (Å²) in [7, 11) is 0. The number of likely N-dealkylation sites (tertiary alicyclic amines) is 1. The first kappa shape index (κ1) is 15.3. The Labute approximate surface area is 129 Å². The Hall–Kier alpha value is -2.09. The van der Waals surface area contributed by atoms with E-state index in [4.69, 9.17) is 10.8 Å². The van der Waals surface area contributed by atoms with Gasteiger partial charge in [-0.2, -0.15) is 0 Å². The van der Waals surface area contributed by atoms with Crippen LogP contribution in [0.5, 0.6) is 0 Å². The smallest absolute Gasteiger partial charge is 0.336 e. The highest BCUT2D eigenvalue weighted by molar-refractivity contribution is 9.10. The number of halogens is 1. The molecule has 0 radical (unpaired) electrons. The van der Waals surface area contributed by atoms with E-state index in [1.165, 1.54) is 17.0 Å². The molecule has 1 aliphatic heterocycles. The van der Waals surface area contributed by atoms with E-state index in [9.17, 15) is 14.4 Å². The molecule has 1 fully saturated rings. The molecule has 1 aliphatic rings. The van der Waals surface area contributed by atoms with Crippen molar-refractivity contribution in [3.8, 4) is 0 Å². The Bertz CT molecular complexity index is 605. The van der Waals surface area contributed by atoms with E-state index < -0.39 is 23.9 Å². The lowest BCUT2D eigenvalue weighted by molar-refractivity contribution is -0.121. The molecular weight excluding hydrogens is 342 g/mol. The first-order valence-electron chi connectivity index (χ1n) is 6.30. The van der Waals surface area contributed by atoms with E-state index in [2.05, 4.69) is 21.2 Å². The second-order valence-corrected chi connectivity index (χ2v) is 5.54. The summed E-state index contributed by atoms with van der Waals surface area (Å²) in [6.07, 6.45) is 1.26. The molecule has 7 nitrogen and oxygen atoms in total. The maximum atomic E-state index is 12.1. The molecule has 8 heteroatoms. The van der Waals surface area contributed by atoms with Gasteiger partial charge in [-0.05, 0) is 47.0 Å². The molecule has 0 aromatic heterocycles. The molecule has 0 spiro atoms. The van der Waals surface area contributed by atoms with Gasteiger partial charge in [0.15, 0.2) is 0 Å². The number of carbonyl (C=O) groups excluding carboxylic acids is 2. The molecule has 0 aliphatic carbocycles. The van der Waals surface area contributed by atoms with Gasteiger partial charge in [-0.25, -0.2) is 9.59 Å². The standard InChI is InChI=1S/C13H14BrN3O4/c14-9-4-3-7(6-8(9)12(19)20)16-13(21)17-5-1-2-10(17)11(15)18/h3-4,6,10H,1-2,5H2,(H2,15,18)(H,16,21)(H,19,20). The number of carboxylic acids is 1. The number of hydrogen-bond acceptors (Lipinski definition) is 3. The van der Waals surface area contributed by atoms with Gasteiger partial charge in [-0.1, -0.05) is 0 Å². The Balaban J connectivity index is 2.14. The van der Waals surface area contributed by atoms with Gasteiger partial charge in [0.2, 0.25) is 5.91 Å². The molecule has 0 saturated carbocycles. The van der Waals surface area contributed by atoms with Gasteiger partial charge in [0.1, 0.15) is 6.04 Å². The predicted molar refractivity (Wildman–Crippen MR) is 79.0 cm³/mol. The van der Waals surface area contributed by atoms with E-state index in [0.717, 1.165) is 0 Å². The number of nitrogens with zero attached hydrogens (tertiary/aromatic N) is 1. The molecule has 1 aromatic rings. The van der Waals surface area contributed by atoms with Crippen LogP contribution in [-0.4, -0.2) is 40.5 Å². The number of carboxylic acid groups (broad SMARTS) is 1.